The molecule has 1 fully saturated rings. The predicted molar refractivity (Wildman–Crippen MR) is 90.3 cm³/mol. The normalized spacial score (nSPS) is 14.2. The average molecular weight is 449 g/mol. The Balaban J connectivity index is 1.81. The van der Waals surface area contributed by atoms with Crippen molar-refractivity contribution in [2.24, 2.45) is 0 Å². The van der Waals surface area contributed by atoms with Crippen molar-refractivity contribution in [3.05, 3.63) is 44.2 Å². The van der Waals surface area contributed by atoms with Gasteiger partial charge in [0.2, 0.25) is 5.91 Å². The van der Waals surface area contributed by atoms with Crippen LogP contribution in [0.25, 0.3) is 0 Å². The lowest BCUT2D eigenvalue weighted by atomic mass is 10.2. The van der Waals surface area contributed by atoms with Crippen molar-refractivity contribution in [2.45, 2.75) is 31.5 Å². The molecule has 0 atom stereocenters. The molecule has 0 spiro atoms. The second kappa shape index (κ2) is 6.83. The van der Waals surface area contributed by atoms with Crippen molar-refractivity contribution in [1.29, 1.82) is 0 Å². The molecule has 1 aliphatic carbocycles. The van der Waals surface area contributed by atoms with Crippen molar-refractivity contribution in [1.82, 2.24) is 9.78 Å². The van der Waals surface area contributed by atoms with Gasteiger partial charge in [-0.1, -0.05) is 0 Å². The molecule has 0 radical (unpaired) electrons. The molecule has 2 aromatic rings. The molecule has 0 saturated heterocycles. The topological polar surface area (TPSA) is 110 Å². The summed E-state index contributed by atoms with van der Waals surface area (Å²) >= 11 is 2.93. The molecule has 1 aliphatic rings. The summed E-state index contributed by atoms with van der Waals surface area (Å²) in [5, 5.41) is 26.2. The second-order valence-electron chi connectivity index (χ2n) is 5.98. The first kappa shape index (κ1) is 19.1. The van der Waals surface area contributed by atoms with Gasteiger partial charge in [-0.25, -0.2) is 0 Å². The van der Waals surface area contributed by atoms with E-state index in [0.29, 0.717) is 18.5 Å². The van der Waals surface area contributed by atoms with Gasteiger partial charge < -0.3 is 10.4 Å². The molecule has 12 heteroatoms. The predicted octanol–water partition coefficient (Wildman–Crippen LogP) is 3.79. The Morgan fingerprint density at radius 1 is 1.44 bits per heavy atom. The zero-order valence-corrected chi connectivity index (χ0v) is 15.0. The number of nitrogens with one attached hydrogen (secondary N) is 1. The number of aromatic nitrogens is 2. The number of benzene rings is 1. The minimum Gasteiger partial charge on any atom is -0.506 e. The molecule has 1 saturated carbocycles. The van der Waals surface area contributed by atoms with Gasteiger partial charge in [-0.2, -0.15) is 18.3 Å². The van der Waals surface area contributed by atoms with Gasteiger partial charge in [0.15, 0.2) is 5.69 Å². The van der Waals surface area contributed by atoms with Gasteiger partial charge in [0, 0.05) is 12.0 Å². The van der Waals surface area contributed by atoms with E-state index in [9.17, 15) is 33.2 Å². The Morgan fingerprint density at radius 2 is 2.11 bits per heavy atom. The van der Waals surface area contributed by atoms with Crippen molar-refractivity contribution in [2.75, 3.05) is 5.32 Å². The Labute approximate surface area is 158 Å². The van der Waals surface area contributed by atoms with E-state index in [1.54, 1.807) is 0 Å². The molecule has 2 N–H and O–H groups in total. The number of halogens is 4. The summed E-state index contributed by atoms with van der Waals surface area (Å²) in [6, 6.07) is 3.07. The number of amides is 1. The maximum absolute atomic E-state index is 13.1. The number of nitrogens with zero attached hydrogens (tertiary/aromatic N) is 3. The van der Waals surface area contributed by atoms with E-state index >= 15 is 0 Å². The van der Waals surface area contributed by atoms with Gasteiger partial charge in [0.25, 0.3) is 5.69 Å². The third-order valence-electron chi connectivity index (χ3n) is 3.92. The second-order valence-corrected chi connectivity index (χ2v) is 6.78. The number of alkyl halides is 3. The zero-order chi connectivity index (χ0) is 19.9. The Kier molecular flexibility index (Phi) is 4.84. The number of nitro groups is 1. The van der Waals surface area contributed by atoms with Crippen LogP contribution in [0.3, 0.4) is 0 Å². The van der Waals surface area contributed by atoms with Gasteiger partial charge in [-0.3, -0.25) is 19.6 Å². The largest absolute Gasteiger partial charge is 0.506 e. The van der Waals surface area contributed by atoms with E-state index in [2.05, 4.69) is 26.3 Å². The number of phenolic OH excluding ortho intramolecular Hbond substituents is 1. The van der Waals surface area contributed by atoms with E-state index in [4.69, 9.17) is 0 Å². The maximum Gasteiger partial charge on any atom is 0.436 e. The third kappa shape index (κ3) is 4.04. The van der Waals surface area contributed by atoms with Crippen LogP contribution in [0.2, 0.25) is 0 Å². The molecular weight excluding hydrogens is 437 g/mol. The maximum atomic E-state index is 13.1. The third-order valence-corrected chi connectivity index (χ3v) is 4.71. The number of phenols is 1. The molecule has 144 valence electrons. The number of carbonyl (C=O) groups is 1. The molecule has 0 aliphatic heterocycles. The number of anilines is 1. The first-order valence-electron chi connectivity index (χ1n) is 7.68. The van der Waals surface area contributed by atoms with Crippen molar-refractivity contribution < 1.29 is 28.0 Å². The lowest BCUT2D eigenvalue weighted by Gasteiger charge is -2.09. The van der Waals surface area contributed by atoms with E-state index in [-0.39, 0.29) is 21.8 Å². The summed E-state index contributed by atoms with van der Waals surface area (Å²) in [6.45, 7) is -0.503. The summed E-state index contributed by atoms with van der Waals surface area (Å²) in [7, 11) is 0. The zero-order valence-electron chi connectivity index (χ0n) is 13.5. The first-order valence-corrected chi connectivity index (χ1v) is 8.48. The molecular formula is C15H12BrF3N4O4. The highest BCUT2D eigenvalue weighted by molar-refractivity contribution is 9.10. The Morgan fingerprint density at radius 3 is 2.63 bits per heavy atom. The lowest BCUT2D eigenvalue weighted by molar-refractivity contribution is -0.384. The number of aromatic hydroxyl groups is 1. The van der Waals surface area contributed by atoms with Crippen LogP contribution in [0.1, 0.15) is 30.1 Å². The molecule has 1 amide bonds. The number of hydrogen-bond donors (Lipinski definition) is 2. The number of non-ortho nitro benzene ring substituents is 1. The Hall–Kier alpha value is -2.63. The van der Waals surface area contributed by atoms with Crippen molar-refractivity contribution >= 4 is 33.2 Å². The average Bonchev–Trinajstić information content (AvgIpc) is 3.32. The van der Waals surface area contributed by atoms with Crippen LogP contribution in [-0.4, -0.2) is 25.7 Å². The molecule has 1 aromatic carbocycles. The number of hydrogen-bond acceptors (Lipinski definition) is 5. The molecule has 8 nitrogen and oxygen atoms in total. The smallest absolute Gasteiger partial charge is 0.436 e. The first-order chi connectivity index (χ1) is 12.6. The molecule has 0 unspecified atom stereocenters. The van der Waals surface area contributed by atoms with Crippen LogP contribution in [0.4, 0.5) is 24.5 Å². The van der Waals surface area contributed by atoms with Crippen molar-refractivity contribution in [3.63, 3.8) is 0 Å². The molecule has 0 bridgehead atoms. The minimum atomic E-state index is -4.67. The molecule has 1 heterocycles. The van der Waals surface area contributed by atoms with Crippen LogP contribution >= 0.6 is 15.9 Å². The Bertz CT molecular complexity index is 925. The highest BCUT2D eigenvalue weighted by Gasteiger charge is 2.42. The fourth-order valence-corrected chi connectivity index (χ4v) is 3.40. The molecule has 1 aromatic heterocycles. The lowest BCUT2D eigenvalue weighted by Crippen LogP contribution is -2.21. The van der Waals surface area contributed by atoms with E-state index in [1.807, 2.05) is 0 Å². The number of nitro benzene ring substituents is 1. The van der Waals surface area contributed by atoms with Crippen LogP contribution in [0.15, 0.2) is 22.7 Å². The van der Waals surface area contributed by atoms with E-state index < -0.39 is 35.0 Å². The molecule has 27 heavy (non-hydrogen) atoms. The minimum absolute atomic E-state index is 0.0964. The summed E-state index contributed by atoms with van der Waals surface area (Å²) in [5.41, 5.74) is -1.27. The van der Waals surface area contributed by atoms with E-state index in [0.717, 1.165) is 22.9 Å². The summed E-state index contributed by atoms with van der Waals surface area (Å²) in [6.07, 6.45) is -3.26. The van der Waals surface area contributed by atoms with Crippen molar-refractivity contribution in [3.8, 4) is 5.75 Å². The fourth-order valence-electron chi connectivity index (χ4n) is 2.57. The van der Waals surface area contributed by atoms with Gasteiger partial charge in [-0.15, -0.1) is 0 Å². The van der Waals surface area contributed by atoms with Crippen LogP contribution < -0.4 is 5.32 Å². The standard InChI is InChI=1S/C15H12BrF3N4O4/c16-12-13(7-1-2-7)22(21-14(12)15(17,18)19)6-11(25)20-9-4-3-8(23(26)27)5-10(9)24/h3-5,7,24H,1-2,6H2,(H,20,25). The van der Waals surface area contributed by atoms with E-state index in [1.165, 1.54) is 0 Å². The van der Waals surface area contributed by atoms with Gasteiger partial charge in [0.1, 0.15) is 12.3 Å². The highest BCUT2D eigenvalue weighted by Crippen LogP contribution is 2.47. The number of rotatable bonds is 5. The number of carbonyl (C=O) groups excluding carboxylic acids is 1. The quantitative estimate of drug-likeness (QED) is 0.410. The monoisotopic (exact) mass is 448 g/mol. The SMILES string of the molecule is O=C(Cn1nc(C(F)(F)F)c(Br)c1C1CC1)Nc1ccc([N+](=O)[O-])cc1O. The van der Waals surface area contributed by atoms with Crippen LogP contribution in [0.5, 0.6) is 5.75 Å². The highest BCUT2D eigenvalue weighted by atomic mass is 79.9. The summed E-state index contributed by atoms with van der Waals surface area (Å²) < 4.78 is 40.0. The summed E-state index contributed by atoms with van der Waals surface area (Å²) in [5.74, 6) is -1.37. The van der Waals surface area contributed by atoms with Gasteiger partial charge >= 0.3 is 6.18 Å². The molecule has 3 rings (SSSR count). The van der Waals surface area contributed by atoms with Crippen LogP contribution in [0, 0.1) is 10.1 Å². The van der Waals surface area contributed by atoms with Gasteiger partial charge in [0.05, 0.1) is 26.8 Å². The fraction of sp³-hybridized carbons (Fsp3) is 0.333. The van der Waals surface area contributed by atoms with Crippen LogP contribution in [-0.2, 0) is 17.5 Å². The van der Waals surface area contributed by atoms with Gasteiger partial charge in [-0.05, 0) is 34.8 Å². The summed E-state index contributed by atoms with van der Waals surface area (Å²) in [4.78, 5) is 22.1.